The SMILES string of the molecule is CC(C)CC1CN(C)C[C@@H](C)N1. The van der Waals surface area contributed by atoms with Gasteiger partial charge in [0.2, 0.25) is 0 Å². The van der Waals surface area contributed by atoms with E-state index in [-0.39, 0.29) is 0 Å². The topological polar surface area (TPSA) is 15.3 Å². The molecular weight excluding hydrogens is 148 g/mol. The first kappa shape index (κ1) is 10.0. The zero-order valence-corrected chi connectivity index (χ0v) is 8.80. The van der Waals surface area contributed by atoms with Gasteiger partial charge in [-0.05, 0) is 26.3 Å². The highest BCUT2D eigenvalue weighted by Crippen LogP contribution is 2.10. The summed E-state index contributed by atoms with van der Waals surface area (Å²) in [7, 11) is 2.21. The number of nitrogens with one attached hydrogen (secondary N) is 1. The molecule has 1 rings (SSSR count). The smallest absolute Gasteiger partial charge is 0.0200 e. The first-order chi connectivity index (χ1) is 5.58. The lowest BCUT2D eigenvalue weighted by atomic mass is 10.0. The summed E-state index contributed by atoms with van der Waals surface area (Å²) in [6.45, 7) is 9.25. The highest BCUT2D eigenvalue weighted by Gasteiger charge is 2.21. The van der Waals surface area contributed by atoms with Crippen molar-refractivity contribution in [2.24, 2.45) is 5.92 Å². The molecule has 1 saturated heterocycles. The zero-order chi connectivity index (χ0) is 9.14. The molecule has 1 fully saturated rings. The third-order valence-electron chi connectivity index (χ3n) is 2.39. The van der Waals surface area contributed by atoms with Gasteiger partial charge in [0.1, 0.15) is 0 Å². The van der Waals surface area contributed by atoms with Gasteiger partial charge < -0.3 is 10.2 Å². The van der Waals surface area contributed by atoms with Gasteiger partial charge in [0.15, 0.2) is 0 Å². The second-order valence-electron chi connectivity index (χ2n) is 4.62. The van der Waals surface area contributed by atoms with Crippen molar-refractivity contribution in [3.63, 3.8) is 0 Å². The summed E-state index contributed by atoms with van der Waals surface area (Å²) in [4.78, 5) is 2.42. The van der Waals surface area contributed by atoms with Crippen molar-refractivity contribution in [3.8, 4) is 0 Å². The fourth-order valence-corrected chi connectivity index (χ4v) is 2.14. The van der Waals surface area contributed by atoms with Gasteiger partial charge in [0, 0.05) is 25.2 Å². The van der Waals surface area contributed by atoms with E-state index in [4.69, 9.17) is 0 Å². The van der Waals surface area contributed by atoms with Crippen molar-refractivity contribution in [1.82, 2.24) is 10.2 Å². The Hall–Kier alpha value is -0.0800. The zero-order valence-electron chi connectivity index (χ0n) is 8.80. The normalized spacial score (nSPS) is 32.8. The molecule has 72 valence electrons. The Morgan fingerprint density at radius 1 is 1.42 bits per heavy atom. The average Bonchev–Trinajstić information content (AvgIpc) is 1.81. The molecule has 1 unspecified atom stereocenters. The van der Waals surface area contributed by atoms with Crippen LogP contribution in [0.3, 0.4) is 0 Å². The van der Waals surface area contributed by atoms with Crippen LogP contribution in [0.2, 0.25) is 0 Å². The van der Waals surface area contributed by atoms with E-state index in [0.29, 0.717) is 12.1 Å². The molecule has 0 radical (unpaired) electrons. The van der Waals surface area contributed by atoms with Crippen LogP contribution >= 0.6 is 0 Å². The summed E-state index contributed by atoms with van der Waals surface area (Å²) >= 11 is 0. The number of hydrogen-bond acceptors (Lipinski definition) is 2. The van der Waals surface area contributed by atoms with Gasteiger partial charge in [-0.2, -0.15) is 0 Å². The maximum Gasteiger partial charge on any atom is 0.0200 e. The predicted molar refractivity (Wildman–Crippen MR) is 53.3 cm³/mol. The van der Waals surface area contributed by atoms with Gasteiger partial charge >= 0.3 is 0 Å². The lowest BCUT2D eigenvalue weighted by Gasteiger charge is -2.36. The molecule has 0 saturated carbocycles. The quantitative estimate of drug-likeness (QED) is 0.672. The Morgan fingerprint density at radius 2 is 2.08 bits per heavy atom. The maximum absolute atomic E-state index is 3.64. The molecule has 2 heteroatoms. The van der Waals surface area contributed by atoms with E-state index in [9.17, 15) is 0 Å². The Labute approximate surface area is 76.3 Å². The van der Waals surface area contributed by atoms with Crippen LogP contribution in [-0.2, 0) is 0 Å². The van der Waals surface area contributed by atoms with Crippen LogP contribution in [0, 0.1) is 5.92 Å². The minimum absolute atomic E-state index is 0.660. The predicted octanol–water partition coefficient (Wildman–Crippen LogP) is 1.32. The number of hydrogen-bond donors (Lipinski definition) is 1. The van der Waals surface area contributed by atoms with Crippen molar-refractivity contribution >= 4 is 0 Å². The van der Waals surface area contributed by atoms with Crippen LogP contribution in [0.5, 0.6) is 0 Å². The monoisotopic (exact) mass is 170 g/mol. The molecule has 1 aliphatic heterocycles. The molecule has 12 heavy (non-hydrogen) atoms. The fraction of sp³-hybridized carbons (Fsp3) is 1.00. The van der Waals surface area contributed by atoms with E-state index in [1.54, 1.807) is 0 Å². The summed E-state index contributed by atoms with van der Waals surface area (Å²) in [6, 6.07) is 1.37. The number of likely N-dealkylation sites (N-methyl/N-ethyl adjacent to an activating group) is 1. The molecule has 2 atom stereocenters. The lowest BCUT2D eigenvalue weighted by Crippen LogP contribution is -2.54. The third-order valence-corrected chi connectivity index (χ3v) is 2.39. The Kier molecular flexibility index (Phi) is 3.53. The minimum atomic E-state index is 0.660. The van der Waals surface area contributed by atoms with Crippen molar-refractivity contribution in [3.05, 3.63) is 0 Å². The largest absolute Gasteiger partial charge is 0.309 e. The van der Waals surface area contributed by atoms with Crippen LogP contribution in [0.25, 0.3) is 0 Å². The summed E-state index contributed by atoms with van der Waals surface area (Å²) in [5, 5.41) is 3.64. The Morgan fingerprint density at radius 3 is 2.58 bits per heavy atom. The summed E-state index contributed by atoms with van der Waals surface area (Å²) in [6.07, 6.45) is 1.30. The van der Waals surface area contributed by atoms with E-state index in [0.717, 1.165) is 5.92 Å². The second kappa shape index (κ2) is 4.24. The highest BCUT2D eigenvalue weighted by atomic mass is 15.2. The Balaban J connectivity index is 2.34. The molecule has 0 spiro atoms. The molecule has 0 bridgehead atoms. The van der Waals surface area contributed by atoms with E-state index in [1.165, 1.54) is 19.5 Å². The highest BCUT2D eigenvalue weighted by molar-refractivity contribution is 4.82. The molecule has 2 nitrogen and oxygen atoms in total. The standard InChI is InChI=1S/C10H22N2/c1-8(2)5-10-7-12(4)6-9(3)11-10/h8-11H,5-7H2,1-4H3/t9-,10?/m1/s1. The summed E-state index contributed by atoms with van der Waals surface area (Å²) < 4.78 is 0. The molecule has 0 aromatic carbocycles. The van der Waals surface area contributed by atoms with E-state index < -0.39 is 0 Å². The lowest BCUT2D eigenvalue weighted by molar-refractivity contribution is 0.184. The van der Waals surface area contributed by atoms with Crippen LogP contribution in [0.1, 0.15) is 27.2 Å². The molecule has 1 aliphatic rings. The van der Waals surface area contributed by atoms with Crippen molar-refractivity contribution in [2.45, 2.75) is 39.3 Å². The second-order valence-corrected chi connectivity index (χ2v) is 4.62. The first-order valence-electron chi connectivity index (χ1n) is 5.02. The van der Waals surface area contributed by atoms with E-state index >= 15 is 0 Å². The summed E-state index contributed by atoms with van der Waals surface area (Å²) in [5.41, 5.74) is 0. The molecular formula is C10H22N2. The van der Waals surface area contributed by atoms with E-state index in [2.05, 4.69) is 38.0 Å². The van der Waals surface area contributed by atoms with Gasteiger partial charge in [0.05, 0.1) is 0 Å². The van der Waals surface area contributed by atoms with Gasteiger partial charge in [0.25, 0.3) is 0 Å². The molecule has 1 N–H and O–H groups in total. The average molecular weight is 170 g/mol. The first-order valence-corrected chi connectivity index (χ1v) is 5.02. The van der Waals surface area contributed by atoms with Crippen molar-refractivity contribution in [2.75, 3.05) is 20.1 Å². The maximum atomic E-state index is 3.64. The molecule has 0 aromatic heterocycles. The van der Waals surface area contributed by atoms with Crippen LogP contribution in [0.15, 0.2) is 0 Å². The van der Waals surface area contributed by atoms with Crippen molar-refractivity contribution in [1.29, 1.82) is 0 Å². The van der Waals surface area contributed by atoms with E-state index in [1.807, 2.05) is 0 Å². The summed E-state index contributed by atoms with van der Waals surface area (Å²) in [5.74, 6) is 0.807. The van der Waals surface area contributed by atoms with Crippen LogP contribution in [-0.4, -0.2) is 37.1 Å². The number of rotatable bonds is 2. The fourth-order valence-electron chi connectivity index (χ4n) is 2.14. The molecule has 0 aliphatic carbocycles. The van der Waals surface area contributed by atoms with Crippen LogP contribution < -0.4 is 5.32 Å². The third kappa shape index (κ3) is 3.11. The van der Waals surface area contributed by atoms with Gasteiger partial charge in [-0.15, -0.1) is 0 Å². The van der Waals surface area contributed by atoms with Gasteiger partial charge in [-0.1, -0.05) is 13.8 Å². The van der Waals surface area contributed by atoms with Crippen LogP contribution in [0.4, 0.5) is 0 Å². The van der Waals surface area contributed by atoms with Gasteiger partial charge in [-0.3, -0.25) is 0 Å². The number of piperazine rings is 1. The molecule has 0 aromatic rings. The Bertz CT molecular complexity index is 121. The molecule has 1 heterocycles. The minimum Gasteiger partial charge on any atom is -0.309 e. The van der Waals surface area contributed by atoms with Crippen molar-refractivity contribution < 1.29 is 0 Å². The number of nitrogens with zero attached hydrogens (tertiary/aromatic N) is 1. The molecule has 0 amide bonds. The van der Waals surface area contributed by atoms with Gasteiger partial charge in [-0.25, -0.2) is 0 Å².